The third kappa shape index (κ3) is 51.6. The Labute approximate surface area is 420 Å². The van der Waals surface area contributed by atoms with Gasteiger partial charge in [0.1, 0.15) is 13.2 Å². The average molecular weight is 963 g/mol. The first kappa shape index (κ1) is 65.8. The molecule has 2 atom stereocenters. The molecule has 0 saturated carbocycles. The van der Waals surface area contributed by atoms with Crippen LogP contribution in [0, 0.1) is 0 Å². The van der Waals surface area contributed by atoms with E-state index in [1.54, 1.807) is 0 Å². The second-order valence-electron chi connectivity index (χ2n) is 20.9. The maximum absolute atomic E-state index is 12.9. The van der Waals surface area contributed by atoms with Crippen LogP contribution >= 0.6 is 0 Å². The monoisotopic (exact) mass is 962 g/mol. The summed E-state index contributed by atoms with van der Waals surface area (Å²) in [6.45, 7) is 4.77. The third-order valence-electron chi connectivity index (χ3n) is 12.9. The lowest BCUT2D eigenvalue weighted by atomic mass is 10.0. The van der Waals surface area contributed by atoms with Crippen LogP contribution in [-0.2, 0) is 33.3 Å². The van der Waals surface area contributed by atoms with Crippen molar-refractivity contribution in [1.82, 2.24) is 0 Å². The normalized spacial score (nSPS) is 12.9. The average Bonchev–Trinajstić information content (AvgIpc) is 3.30. The number of esters is 2. The number of quaternary nitrogens is 1. The smallest absolute Gasteiger partial charge is 0.306 e. The van der Waals surface area contributed by atoms with Crippen molar-refractivity contribution in [3.63, 3.8) is 0 Å². The second kappa shape index (κ2) is 51.1. The van der Waals surface area contributed by atoms with E-state index >= 15 is 0 Å². The molecule has 0 saturated heterocycles. The molecule has 0 radical (unpaired) electrons. The number of likely N-dealkylation sites (N-methyl/N-ethyl adjacent to an activating group) is 1. The number of hydrogen-bond acceptors (Lipinski definition) is 8. The zero-order valence-corrected chi connectivity index (χ0v) is 45.5. The van der Waals surface area contributed by atoms with Crippen molar-refractivity contribution in [2.75, 3.05) is 47.5 Å². The van der Waals surface area contributed by atoms with Gasteiger partial charge in [-0.25, -0.2) is 0 Å². The number of unbranched alkanes of at least 4 members (excludes halogenated alkanes) is 35. The highest BCUT2D eigenvalue weighted by Gasteiger charge is 2.22. The number of rotatable bonds is 54. The molecule has 400 valence electrons. The van der Waals surface area contributed by atoms with Crippen molar-refractivity contribution in [2.24, 2.45) is 0 Å². The van der Waals surface area contributed by atoms with Gasteiger partial charge >= 0.3 is 11.9 Å². The topological polar surface area (TPSA) is 111 Å². The Kier molecular flexibility index (Phi) is 49.5. The SMILES string of the molecule is CCCCCCCCC/C=C\CCCCCCCC(=O)OCC(COC(OCC[N+](C)(C)C)C(=O)[O-])OC(=O)CCCCCCCCCCCCCCCCC/C=C\CCCCCCCCCC. The number of carbonyl (C=O) groups is 3. The fourth-order valence-corrected chi connectivity index (χ4v) is 8.41. The van der Waals surface area contributed by atoms with Gasteiger partial charge in [0.05, 0.1) is 40.3 Å². The predicted octanol–water partition coefficient (Wildman–Crippen LogP) is 15.4. The largest absolute Gasteiger partial charge is 0.545 e. The Morgan fingerprint density at radius 1 is 0.426 bits per heavy atom. The Morgan fingerprint density at radius 2 is 0.750 bits per heavy atom. The van der Waals surface area contributed by atoms with Gasteiger partial charge in [0.15, 0.2) is 12.4 Å². The highest BCUT2D eigenvalue weighted by atomic mass is 16.7. The summed E-state index contributed by atoms with van der Waals surface area (Å²) < 4.78 is 22.7. The minimum atomic E-state index is -1.62. The van der Waals surface area contributed by atoms with E-state index in [0.717, 1.165) is 51.4 Å². The number of aliphatic carboxylic acids is 1. The molecular formula is C59H111NO8. The predicted molar refractivity (Wildman–Crippen MR) is 283 cm³/mol. The van der Waals surface area contributed by atoms with Gasteiger partial charge in [0.2, 0.25) is 0 Å². The second-order valence-corrected chi connectivity index (χ2v) is 20.9. The molecule has 0 aliphatic carbocycles. The van der Waals surface area contributed by atoms with Gasteiger partial charge in [-0.3, -0.25) is 9.59 Å². The van der Waals surface area contributed by atoms with Gasteiger partial charge in [-0.05, 0) is 64.2 Å². The van der Waals surface area contributed by atoms with Crippen LogP contribution in [0.15, 0.2) is 24.3 Å². The van der Waals surface area contributed by atoms with E-state index in [-0.39, 0.29) is 38.6 Å². The maximum Gasteiger partial charge on any atom is 0.306 e. The Balaban J connectivity index is 4.18. The van der Waals surface area contributed by atoms with E-state index in [4.69, 9.17) is 18.9 Å². The van der Waals surface area contributed by atoms with E-state index in [9.17, 15) is 19.5 Å². The van der Waals surface area contributed by atoms with Crippen molar-refractivity contribution in [3.8, 4) is 0 Å². The lowest BCUT2D eigenvalue weighted by Crippen LogP contribution is -2.44. The standard InChI is InChI=1S/C59H111NO8/c1-6-8-10-12-14-16-18-20-22-24-25-26-27-28-29-30-31-32-33-34-36-38-40-42-44-46-48-50-57(62)68-55(54-67-59(58(63)64)65-52-51-60(3,4)5)53-66-56(61)49-47-45-43-41-39-37-35-23-21-19-17-15-13-11-9-7-2/h23-25,35,55,59H,6-22,26-34,36-54H2,1-5H3/b25-24-,35-23-. The summed E-state index contributed by atoms with van der Waals surface area (Å²) in [6.07, 6.45) is 56.6. The molecule has 0 heterocycles. The van der Waals surface area contributed by atoms with Crippen LogP contribution in [0.25, 0.3) is 0 Å². The summed E-state index contributed by atoms with van der Waals surface area (Å²) in [4.78, 5) is 37.2. The lowest BCUT2D eigenvalue weighted by molar-refractivity contribution is -0.870. The van der Waals surface area contributed by atoms with Crippen molar-refractivity contribution < 1.29 is 42.9 Å². The first-order chi connectivity index (χ1) is 33.1. The van der Waals surface area contributed by atoms with Gasteiger partial charge in [0.25, 0.3) is 0 Å². The number of ether oxygens (including phenoxy) is 4. The summed E-state index contributed by atoms with van der Waals surface area (Å²) in [6, 6.07) is 0. The van der Waals surface area contributed by atoms with Crippen LogP contribution < -0.4 is 5.11 Å². The molecule has 0 aromatic rings. The highest BCUT2D eigenvalue weighted by molar-refractivity contribution is 5.70. The number of nitrogens with zero attached hydrogens (tertiary/aromatic N) is 1. The lowest BCUT2D eigenvalue weighted by Gasteiger charge is -2.26. The summed E-state index contributed by atoms with van der Waals surface area (Å²) in [7, 11) is 5.92. The number of allylic oxidation sites excluding steroid dienone is 4. The molecule has 0 rings (SSSR count). The first-order valence-electron chi connectivity index (χ1n) is 29.0. The first-order valence-corrected chi connectivity index (χ1v) is 29.0. The molecular weight excluding hydrogens is 851 g/mol. The molecule has 0 amide bonds. The zero-order chi connectivity index (χ0) is 49.9. The van der Waals surface area contributed by atoms with Gasteiger partial charge in [-0.1, -0.05) is 224 Å². The van der Waals surface area contributed by atoms with Crippen LogP contribution in [0.5, 0.6) is 0 Å². The molecule has 0 bridgehead atoms. The fraction of sp³-hybridized carbons (Fsp3) is 0.881. The molecule has 0 N–H and O–H groups in total. The maximum atomic E-state index is 12.9. The van der Waals surface area contributed by atoms with Gasteiger partial charge in [0, 0.05) is 12.8 Å². The van der Waals surface area contributed by atoms with Crippen molar-refractivity contribution in [3.05, 3.63) is 24.3 Å². The zero-order valence-electron chi connectivity index (χ0n) is 45.5. The van der Waals surface area contributed by atoms with Gasteiger partial charge in [-0.2, -0.15) is 0 Å². The number of carboxylic acid groups (broad SMARTS) is 1. The van der Waals surface area contributed by atoms with Crippen LogP contribution in [0.1, 0.15) is 277 Å². The van der Waals surface area contributed by atoms with Crippen LogP contribution in [-0.4, -0.2) is 82.3 Å². The van der Waals surface area contributed by atoms with Gasteiger partial charge in [-0.15, -0.1) is 0 Å². The third-order valence-corrected chi connectivity index (χ3v) is 12.9. The van der Waals surface area contributed by atoms with Crippen molar-refractivity contribution in [2.45, 2.75) is 289 Å². The summed E-state index contributed by atoms with van der Waals surface area (Å²) >= 11 is 0. The number of carboxylic acids is 1. The quantitative estimate of drug-likeness (QED) is 0.0195. The number of hydrogen-bond donors (Lipinski definition) is 0. The van der Waals surface area contributed by atoms with E-state index in [1.807, 2.05) is 21.1 Å². The minimum absolute atomic E-state index is 0.149. The molecule has 0 aromatic heterocycles. The number of carbonyl (C=O) groups excluding carboxylic acids is 3. The van der Waals surface area contributed by atoms with E-state index in [1.165, 1.54) is 193 Å². The Morgan fingerprint density at radius 3 is 1.09 bits per heavy atom. The van der Waals surface area contributed by atoms with E-state index < -0.39 is 24.3 Å². The van der Waals surface area contributed by atoms with Crippen molar-refractivity contribution in [1.29, 1.82) is 0 Å². The molecule has 9 heteroatoms. The van der Waals surface area contributed by atoms with Crippen molar-refractivity contribution >= 4 is 17.9 Å². The summed E-state index contributed by atoms with van der Waals surface area (Å²) in [5.41, 5.74) is 0. The molecule has 9 nitrogen and oxygen atoms in total. The molecule has 0 aliphatic heterocycles. The molecule has 0 spiro atoms. The Hall–Kier alpha value is -2.23. The van der Waals surface area contributed by atoms with E-state index in [2.05, 4.69) is 38.2 Å². The van der Waals surface area contributed by atoms with E-state index in [0.29, 0.717) is 17.4 Å². The fourth-order valence-electron chi connectivity index (χ4n) is 8.41. The van der Waals surface area contributed by atoms with Crippen LogP contribution in [0.3, 0.4) is 0 Å². The highest BCUT2D eigenvalue weighted by Crippen LogP contribution is 2.17. The summed E-state index contributed by atoms with van der Waals surface area (Å²) in [5, 5.41) is 11.8. The molecule has 0 aliphatic rings. The molecule has 2 unspecified atom stereocenters. The van der Waals surface area contributed by atoms with Gasteiger partial charge < -0.3 is 33.3 Å². The minimum Gasteiger partial charge on any atom is -0.545 e. The molecule has 0 aromatic carbocycles. The molecule has 68 heavy (non-hydrogen) atoms. The summed E-state index contributed by atoms with van der Waals surface area (Å²) in [5.74, 6) is -2.28. The Bertz CT molecular complexity index is 1170. The van der Waals surface area contributed by atoms with Crippen LogP contribution in [0.4, 0.5) is 0 Å². The molecule has 0 fully saturated rings. The van der Waals surface area contributed by atoms with Crippen LogP contribution in [0.2, 0.25) is 0 Å².